The zero-order chi connectivity index (χ0) is 21.3. The maximum absolute atomic E-state index is 14.3. The summed E-state index contributed by atoms with van der Waals surface area (Å²) in [7, 11) is 3.31. The van der Waals surface area contributed by atoms with E-state index in [0.29, 0.717) is 40.4 Å². The molecule has 0 fully saturated rings. The van der Waals surface area contributed by atoms with E-state index in [0.717, 1.165) is 18.6 Å². The van der Waals surface area contributed by atoms with Crippen LogP contribution in [0.2, 0.25) is 0 Å². The number of allylic oxidation sites excluding steroid dienone is 1. The first kappa shape index (κ1) is 21.8. The number of hydrogen-bond acceptors (Lipinski definition) is 6. The molecule has 5 nitrogen and oxygen atoms in total. The third kappa shape index (κ3) is 5.36. The van der Waals surface area contributed by atoms with Gasteiger partial charge in [-0.2, -0.15) is 12.6 Å². The molecule has 1 aromatic heterocycles. The van der Waals surface area contributed by atoms with Crippen molar-refractivity contribution in [3.63, 3.8) is 0 Å². The number of pyridine rings is 1. The van der Waals surface area contributed by atoms with Crippen LogP contribution in [0.1, 0.15) is 12.8 Å². The van der Waals surface area contributed by atoms with E-state index in [2.05, 4.69) is 35.1 Å². The SMILES string of the molecule is CNc1ccc(Oc2ccnc3cc(OCC/C=C/CCS)c(OC)cc23)c(F)c1. The monoisotopic (exact) mass is 428 g/mol. The molecule has 0 aliphatic heterocycles. The van der Waals surface area contributed by atoms with E-state index < -0.39 is 5.82 Å². The number of ether oxygens (including phenoxy) is 3. The lowest BCUT2D eigenvalue weighted by Gasteiger charge is -2.14. The summed E-state index contributed by atoms with van der Waals surface area (Å²) in [6.45, 7) is 0.518. The molecule has 158 valence electrons. The minimum Gasteiger partial charge on any atom is -0.493 e. The molecule has 3 rings (SSSR count). The van der Waals surface area contributed by atoms with Crippen LogP contribution < -0.4 is 19.5 Å². The summed E-state index contributed by atoms with van der Waals surface area (Å²) in [6.07, 6.45) is 7.50. The van der Waals surface area contributed by atoms with Gasteiger partial charge in [0.1, 0.15) is 5.75 Å². The first-order valence-electron chi connectivity index (χ1n) is 9.67. The van der Waals surface area contributed by atoms with Gasteiger partial charge < -0.3 is 19.5 Å². The summed E-state index contributed by atoms with van der Waals surface area (Å²) in [4.78, 5) is 4.40. The molecule has 2 aromatic carbocycles. The van der Waals surface area contributed by atoms with Gasteiger partial charge in [-0.15, -0.1) is 0 Å². The maximum atomic E-state index is 14.3. The van der Waals surface area contributed by atoms with Gasteiger partial charge in [-0.25, -0.2) is 4.39 Å². The Bertz CT molecular complexity index is 1030. The molecule has 0 saturated heterocycles. The Kier molecular flexibility index (Phi) is 7.79. The Morgan fingerprint density at radius 3 is 2.60 bits per heavy atom. The average molecular weight is 429 g/mol. The van der Waals surface area contributed by atoms with E-state index in [9.17, 15) is 4.39 Å². The zero-order valence-corrected chi connectivity index (χ0v) is 17.9. The van der Waals surface area contributed by atoms with Crippen molar-refractivity contribution in [2.75, 3.05) is 31.8 Å². The fourth-order valence-corrected chi connectivity index (χ4v) is 3.04. The minimum atomic E-state index is -0.454. The number of nitrogens with one attached hydrogen (secondary N) is 1. The van der Waals surface area contributed by atoms with Gasteiger partial charge in [0.05, 0.1) is 19.2 Å². The molecule has 30 heavy (non-hydrogen) atoms. The molecule has 0 bridgehead atoms. The highest BCUT2D eigenvalue weighted by Gasteiger charge is 2.13. The molecule has 0 aliphatic rings. The third-order valence-electron chi connectivity index (χ3n) is 4.43. The van der Waals surface area contributed by atoms with Crippen LogP contribution >= 0.6 is 12.6 Å². The van der Waals surface area contributed by atoms with Crippen LogP contribution in [0.25, 0.3) is 10.9 Å². The zero-order valence-electron chi connectivity index (χ0n) is 17.0. The van der Waals surface area contributed by atoms with Gasteiger partial charge in [0.25, 0.3) is 0 Å². The molecule has 0 aliphatic carbocycles. The lowest BCUT2D eigenvalue weighted by molar-refractivity contribution is 0.300. The number of hydrogen-bond donors (Lipinski definition) is 2. The molecular formula is C23H25FN2O3S. The van der Waals surface area contributed by atoms with Gasteiger partial charge in [0, 0.05) is 36.5 Å². The predicted octanol–water partition coefficient (Wildman–Crippen LogP) is 5.86. The molecule has 0 unspecified atom stereocenters. The Balaban J connectivity index is 1.84. The van der Waals surface area contributed by atoms with Crippen molar-refractivity contribution in [3.05, 3.63) is 60.6 Å². The Labute approximate surface area is 181 Å². The number of nitrogens with zero attached hydrogens (tertiary/aromatic N) is 1. The van der Waals surface area contributed by atoms with Crippen molar-refractivity contribution < 1.29 is 18.6 Å². The van der Waals surface area contributed by atoms with Gasteiger partial charge in [0.15, 0.2) is 23.1 Å². The van der Waals surface area contributed by atoms with Gasteiger partial charge in [-0.1, -0.05) is 12.2 Å². The molecule has 3 aromatic rings. The van der Waals surface area contributed by atoms with Crippen molar-refractivity contribution in [1.82, 2.24) is 4.98 Å². The number of fused-ring (bicyclic) bond motifs is 1. The summed E-state index contributed by atoms with van der Waals surface area (Å²) >= 11 is 4.18. The standard InChI is InChI=1S/C23H25FN2O3S/c1-25-16-7-8-21(18(24)13-16)29-20-9-10-26-19-15-23(22(27-2)14-17(19)20)28-11-5-3-4-6-12-30/h3-4,7-10,13-15,25,30H,5-6,11-12H2,1-2H3/b4-3+. The summed E-state index contributed by atoms with van der Waals surface area (Å²) in [6, 6.07) is 10.0. The number of anilines is 1. The number of benzene rings is 2. The first-order chi connectivity index (χ1) is 14.7. The van der Waals surface area contributed by atoms with Crippen LogP contribution in [0.5, 0.6) is 23.0 Å². The molecule has 7 heteroatoms. The molecule has 1 heterocycles. The predicted molar refractivity (Wildman–Crippen MR) is 122 cm³/mol. The smallest absolute Gasteiger partial charge is 0.167 e. The van der Waals surface area contributed by atoms with Gasteiger partial charge in [0.2, 0.25) is 0 Å². The molecule has 0 spiro atoms. The highest BCUT2D eigenvalue weighted by atomic mass is 32.1. The number of thiol groups is 1. The van der Waals surface area contributed by atoms with E-state index in [1.54, 1.807) is 50.7 Å². The average Bonchev–Trinajstić information content (AvgIpc) is 2.77. The summed E-state index contributed by atoms with van der Waals surface area (Å²) < 4.78 is 31.6. The van der Waals surface area contributed by atoms with Crippen molar-refractivity contribution in [3.8, 4) is 23.0 Å². The first-order valence-corrected chi connectivity index (χ1v) is 10.3. The van der Waals surface area contributed by atoms with E-state index in [4.69, 9.17) is 14.2 Å². The third-order valence-corrected chi connectivity index (χ3v) is 4.69. The van der Waals surface area contributed by atoms with E-state index in [-0.39, 0.29) is 5.75 Å². The van der Waals surface area contributed by atoms with Crippen LogP contribution in [-0.4, -0.2) is 31.5 Å². The minimum absolute atomic E-state index is 0.133. The van der Waals surface area contributed by atoms with E-state index in [1.165, 1.54) is 6.07 Å². The second-order valence-corrected chi connectivity index (χ2v) is 6.89. The molecular weight excluding hydrogens is 403 g/mol. The van der Waals surface area contributed by atoms with Gasteiger partial charge in [-0.05, 0) is 42.9 Å². The lowest BCUT2D eigenvalue weighted by Crippen LogP contribution is -1.99. The Morgan fingerprint density at radius 1 is 1.03 bits per heavy atom. The largest absolute Gasteiger partial charge is 0.493 e. The van der Waals surface area contributed by atoms with Crippen molar-refractivity contribution in [2.45, 2.75) is 12.8 Å². The number of methoxy groups -OCH3 is 1. The second-order valence-electron chi connectivity index (χ2n) is 6.45. The molecule has 0 atom stereocenters. The van der Waals surface area contributed by atoms with Crippen LogP contribution in [-0.2, 0) is 0 Å². The molecule has 0 amide bonds. The lowest BCUT2D eigenvalue weighted by atomic mass is 10.1. The van der Waals surface area contributed by atoms with E-state index in [1.807, 2.05) is 0 Å². The second kappa shape index (κ2) is 10.7. The Hall–Kier alpha value is -2.93. The van der Waals surface area contributed by atoms with Gasteiger partial charge >= 0.3 is 0 Å². The molecule has 1 N–H and O–H groups in total. The Morgan fingerprint density at radius 2 is 1.87 bits per heavy atom. The van der Waals surface area contributed by atoms with E-state index >= 15 is 0 Å². The van der Waals surface area contributed by atoms with Crippen LogP contribution in [0.3, 0.4) is 0 Å². The number of aromatic nitrogens is 1. The van der Waals surface area contributed by atoms with Crippen LogP contribution in [0.15, 0.2) is 54.7 Å². The molecule has 0 radical (unpaired) electrons. The fourth-order valence-electron chi connectivity index (χ4n) is 2.89. The van der Waals surface area contributed by atoms with Crippen LogP contribution in [0.4, 0.5) is 10.1 Å². The fraction of sp³-hybridized carbons (Fsp3) is 0.261. The van der Waals surface area contributed by atoms with Crippen molar-refractivity contribution in [1.29, 1.82) is 0 Å². The van der Waals surface area contributed by atoms with Gasteiger partial charge in [-0.3, -0.25) is 4.98 Å². The maximum Gasteiger partial charge on any atom is 0.167 e. The molecule has 0 saturated carbocycles. The topological polar surface area (TPSA) is 52.6 Å². The summed E-state index contributed by atoms with van der Waals surface area (Å²) in [5.74, 6) is 2.15. The number of halogens is 1. The van der Waals surface area contributed by atoms with Crippen molar-refractivity contribution in [2.24, 2.45) is 0 Å². The normalized spacial score (nSPS) is 11.1. The number of rotatable bonds is 10. The highest BCUT2D eigenvalue weighted by Crippen LogP contribution is 2.37. The van der Waals surface area contributed by atoms with Crippen LogP contribution in [0, 0.1) is 5.82 Å². The highest BCUT2D eigenvalue weighted by molar-refractivity contribution is 7.80. The summed E-state index contributed by atoms with van der Waals surface area (Å²) in [5.41, 5.74) is 1.34. The van der Waals surface area contributed by atoms with Crippen molar-refractivity contribution >= 4 is 29.2 Å². The summed E-state index contributed by atoms with van der Waals surface area (Å²) in [5, 5.41) is 3.60. The quantitative estimate of drug-likeness (QED) is 0.241.